The van der Waals surface area contributed by atoms with Gasteiger partial charge >= 0.3 is 6.18 Å². The van der Waals surface area contributed by atoms with Crippen LogP contribution < -0.4 is 0 Å². The van der Waals surface area contributed by atoms with Crippen molar-refractivity contribution in [3.05, 3.63) is 59.9 Å². The second-order valence-corrected chi connectivity index (χ2v) is 5.48. The molecule has 0 bridgehead atoms. The van der Waals surface area contributed by atoms with E-state index < -0.39 is 11.7 Å². The van der Waals surface area contributed by atoms with Crippen molar-refractivity contribution >= 4 is 0 Å². The molecule has 0 atom stereocenters. The van der Waals surface area contributed by atoms with Crippen LogP contribution >= 0.6 is 0 Å². The molecule has 3 rings (SSSR count). The number of benzene rings is 1. The van der Waals surface area contributed by atoms with E-state index in [-0.39, 0.29) is 18.3 Å². The van der Waals surface area contributed by atoms with Crippen molar-refractivity contribution in [2.45, 2.75) is 12.8 Å². The number of pyridine rings is 1. The standard InChI is InChI=1S/C18H14F3N3O2/c1-26-10-14-8-16(25)24-17(23-14)15-7-4-12(9-22-15)11-2-5-13(6-3-11)18(19,20)21/h2-9H,10H2,1H3,(H,23,24,25). The van der Waals surface area contributed by atoms with Gasteiger partial charge in [0, 0.05) is 24.9 Å². The maximum Gasteiger partial charge on any atom is 0.416 e. The van der Waals surface area contributed by atoms with Crippen LogP contribution in [0.5, 0.6) is 5.88 Å². The van der Waals surface area contributed by atoms with E-state index in [1.165, 1.54) is 31.5 Å². The molecule has 5 nitrogen and oxygen atoms in total. The molecule has 1 aromatic carbocycles. The average Bonchev–Trinajstić information content (AvgIpc) is 2.61. The molecular formula is C18H14F3N3O2. The number of hydrogen-bond acceptors (Lipinski definition) is 5. The monoisotopic (exact) mass is 361 g/mol. The molecule has 1 N–H and O–H groups in total. The normalized spacial score (nSPS) is 11.5. The third kappa shape index (κ3) is 3.97. The molecule has 0 aliphatic rings. The van der Waals surface area contributed by atoms with Crippen LogP contribution in [0.4, 0.5) is 13.2 Å². The van der Waals surface area contributed by atoms with Crippen LogP contribution in [0.25, 0.3) is 22.6 Å². The van der Waals surface area contributed by atoms with E-state index in [0.717, 1.165) is 12.1 Å². The zero-order valence-corrected chi connectivity index (χ0v) is 13.7. The number of halogens is 3. The Bertz CT molecular complexity index is 895. The van der Waals surface area contributed by atoms with Gasteiger partial charge in [0.25, 0.3) is 0 Å². The van der Waals surface area contributed by atoms with Crippen molar-refractivity contribution in [1.82, 2.24) is 15.0 Å². The molecule has 2 aromatic heterocycles. The van der Waals surface area contributed by atoms with Crippen LogP contribution in [0.3, 0.4) is 0 Å². The second kappa shape index (κ2) is 7.09. The fraction of sp³-hybridized carbons (Fsp3) is 0.167. The Hall–Kier alpha value is -3.00. The van der Waals surface area contributed by atoms with Crippen molar-refractivity contribution in [3.8, 4) is 28.5 Å². The molecule has 8 heteroatoms. The molecule has 0 fully saturated rings. The van der Waals surface area contributed by atoms with Crippen molar-refractivity contribution < 1.29 is 23.0 Å². The van der Waals surface area contributed by atoms with Crippen molar-refractivity contribution in [2.24, 2.45) is 0 Å². The Morgan fingerprint density at radius 1 is 1.00 bits per heavy atom. The summed E-state index contributed by atoms with van der Waals surface area (Å²) in [5.74, 6) is 0.0340. The van der Waals surface area contributed by atoms with E-state index in [1.807, 2.05) is 0 Å². The summed E-state index contributed by atoms with van der Waals surface area (Å²) in [4.78, 5) is 12.4. The van der Waals surface area contributed by atoms with Crippen LogP contribution in [0.15, 0.2) is 48.7 Å². The molecule has 0 saturated heterocycles. The minimum Gasteiger partial charge on any atom is -0.493 e. The maximum atomic E-state index is 12.6. The van der Waals surface area contributed by atoms with Crippen molar-refractivity contribution in [2.75, 3.05) is 7.11 Å². The number of hydrogen-bond donors (Lipinski definition) is 1. The number of nitrogens with zero attached hydrogens (tertiary/aromatic N) is 3. The quantitative estimate of drug-likeness (QED) is 0.758. The Morgan fingerprint density at radius 2 is 1.69 bits per heavy atom. The van der Waals surface area contributed by atoms with Crippen LogP contribution in [0.2, 0.25) is 0 Å². The lowest BCUT2D eigenvalue weighted by molar-refractivity contribution is -0.137. The van der Waals surface area contributed by atoms with Gasteiger partial charge in [-0.2, -0.15) is 18.2 Å². The van der Waals surface area contributed by atoms with Gasteiger partial charge in [-0.3, -0.25) is 4.98 Å². The Labute approximate surface area is 147 Å². The number of alkyl halides is 3. The highest BCUT2D eigenvalue weighted by Gasteiger charge is 2.29. The highest BCUT2D eigenvalue weighted by Crippen LogP contribution is 2.31. The Morgan fingerprint density at radius 3 is 2.27 bits per heavy atom. The lowest BCUT2D eigenvalue weighted by atomic mass is 10.1. The number of rotatable bonds is 4. The van der Waals surface area contributed by atoms with Gasteiger partial charge in [0.05, 0.1) is 17.9 Å². The van der Waals surface area contributed by atoms with Crippen LogP contribution in [0.1, 0.15) is 11.3 Å². The summed E-state index contributed by atoms with van der Waals surface area (Å²) in [6.45, 7) is 0.215. The van der Waals surface area contributed by atoms with E-state index in [9.17, 15) is 18.3 Å². The second-order valence-electron chi connectivity index (χ2n) is 5.48. The molecule has 0 amide bonds. The molecule has 2 heterocycles. The maximum absolute atomic E-state index is 12.6. The molecule has 3 aromatic rings. The molecule has 0 aliphatic heterocycles. The minimum atomic E-state index is -4.37. The van der Waals surface area contributed by atoms with E-state index in [1.54, 1.807) is 12.1 Å². The molecule has 0 saturated carbocycles. The fourth-order valence-electron chi connectivity index (χ4n) is 2.37. The topological polar surface area (TPSA) is 68.1 Å². The molecule has 0 aliphatic carbocycles. The largest absolute Gasteiger partial charge is 0.493 e. The summed E-state index contributed by atoms with van der Waals surface area (Å²) in [5, 5.41) is 9.68. The number of aromatic hydroxyl groups is 1. The summed E-state index contributed by atoms with van der Waals surface area (Å²) in [6, 6.07) is 9.57. The Balaban J connectivity index is 1.87. The first-order chi connectivity index (χ1) is 12.4. The van der Waals surface area contributed by atoms with Gasteiger partial charge in [0.15, 0.2) is 5.82 Å². The summed E-state index contributed by atoms with van der Waals surface area (Å²) < 4.78 is 42.9. The van der Waals surface area contributed by atoms with Gasteiger partial charge < -0.3 is 9.84 Å². The van der Waals surface area contributed by atoms with E-state index in [4.69, 9.17) is 4.74 Å². The zero-order valence-electron chi connectivity index (χ0n) is 13.7. The van der Waals surface area contributed by atoms with Crippen molar-refractivity contribution in [1.29, 1.82) is 0 Å². The van der Waals surface area contributed by atoms with Crippen LogP contribution in [-0.4, -0.2) is 27.2 Å². The third-order valence-electron chi connectivity index (χ3n) is 3.60. The van der Waals surface area contributed by atoms with Gasteiger partial charge in [-0.25, -0.2) is 4.98 Å². The molecule has 0 spiro atoms. The predicted octanol–water partition coefficient (Wildman–Crippen LogP) is 4.08. The lowest BCUT2D eigenvalue weighted by Gasteiger charge is -2.08. The van der Waals surface area contributed by atoms with Gasteiger partial charge in [0.1, 0.15) is 5.69 Å². The van der Waals surface area contributed by atoms with Gasteiger partial charge in [-0.15, -0.1) is 0 Å². The Kier molecular flexibility index (Phi) is 4.85. The van der Waals surface area contributed by atoms with E-state index >= 15 is 0 Å². The highest BCUT2D eigenvalue weighted by atomic mass is 19.4. The van der Waals surface area contributed by atoms with Crippen LogP contribution in [0, 0.1) is 0 Å². The molecular weight excluding hydrogens is 347 g/mol. The number of methoxy groups -OCH3 is 1. The minimum absolute atomic E-state index is 0.198. The SMILES string of the molecule is COCc1cc(O)nc(-c2ccc(-c3ccc(C(F)(F)F)cc3)cn2)n1. The van der Waals surface area contributed by atoms with Gasteiger partial charge in [0.2, 0.25) is 5.88 Å². The average molecular weight is 361 g/mol. The molecule has 134 valence electrons. The first-order valence-corrected chi connectivity index (χ1v) is 7.57. The van der Waals surface area contributed by atoms with Crippen LogP contribution in [-0.2, 0) is 17.5 Å². The summed E-state index contributed by atoms with van der Waals surface area (Å²) in [5.41, 5.74) is 1.48. The fourth-order valence-corrected chi connectivity index (χ4v) is 2.37. The highest BCUT2D eigenvalue weighted by molar-refractivity contribution is 5.65. The van der Waals surface area contributed by atoms with Gasteiger partial charge in [-0.05, 0) is 23.8 Å². The summed E-state index contributed by atoms with van der Waals surface area (Å²) >= 11 is 0. The predicted molar refractivity (Wildman–Crippen MR) is 88.1 cm³/mol. The first-order valence-electron chi connectivity index (χ1n) is 7.57. The van der Waals surface area contributed by atoms with Gasteiger partial charge in [-0.1, -0.05) is 18.2 Å². The summed E-state index contributed by atoms with van der Waals surface area (Å²) in [7, 11) is 1.51. The zero-order chi connectivity index (χ0) is 18.7. The first kappa shape index (κ1) is 17.8. The number of ether oxygens (including phenoxy) is 1. The van der Waals surface area contributed by atoms with E-state index in [2.05, 4.69) is 15.0 Å². The molecule has 0 radical (unpaired) electrons. The molecule has 0 unspecified atom stereocenters. The van der Waals surface area contributed by atoms with Crippen molar-refractivity contribution in [3.63, 3.8) is 0 Å². The number of aromatic nitrogens is 3. The van der Waals surface area contributed by atoms with E-state index in [0.29, 0.717) is 22.5 Å². The molecule has 26 heavy (non-hydrogen) atoms. The summed E-state index contributed by atoms with van der Waals surface area (Å²) in [6.07, 6.45) is -2.85. The third-order valence-corrected chi connectivity index (χ3v) is 3.60. The lowest BCUT2D eigenvalue weighted by Crippen LogP contribution is -2.04. The smallest absolute Gasteiger partial charge is 0.416 e.